The summed E-state index contributed by atoms with van der Waals surface area (Å²) in [5.74, 6) is 0.947. The van der Waals surface area contributed by atoms with E-state index in [1.54, 1.807) is 7.11 Å². The molecule has 0 aliphatic heterocycles. The van der Waals surface area contributed by atoms with Crippen molar-refractivity contribution in [3.63, 3.8) is 0 Å². The molecule has 1 aromatic carbocycles. The lowest BCUT2D eigenvalue weighted by Crippen LogP contribution is -2.32. The van der Waals surface area contributed by atoms with E-state index in [-0.39, 0.29) is 0 Å². The highest BCUT2D eigenvalue weighted by Gasteiger charge is 2.37. The number of rotatable bonds is 4. The Morgan fingerprint density at radius 3 is 2.44 bits per heavy atom. The monoisotopic (exact) mass is 247 g/mol. The number of benzene rings is 1. The van der Waals surface area contributed by atoms with Gasteiger partial charge in [0.15, 0.2) is 0 Å². The van der Waals surface area contributed by atoms with Crippen LogP contribution >= 0.6 is 0 Å². The summed E-state index contributed by atoms with van der Waals surface area (Å²) >= 11 is 0. The van der Waals surface area contributed by atoms with Gasteiger partial charge in [0.25, 0.3) is 0 Å². The summed E-state index contributed by atoms with van der Waals surface area (Å²) < 4.78 is 5.29. The molecule has 1 aliphatic carbocycles. The van der Waals surface area contributed by atoms with Crippen molar-refractivity contribution in [2.75, 3.05) is 14.2 Å². The van der Waals surface area contributed by atoms with Crippen LogP contribution in [0, 0.1) is 12.3 Å². The van der Waals surface area contributed by atoms with E-state index in [2.05, 4.69) is 44.4 Å². The Kier molecular flexibility index (Phi) is 3.96. The molecule has 0 heterocycles. The third-order valence-electron chi connectivity index (χ3n) is 4.52. The van der Waals surface area contributed by atoms with Crippen LogP contribution < -0.4 is 10.1 Å². The Morgan fingerprint density at radius 1 is 1.28 bits per heavy atom. The van der Waals surface area contributed by atoms with Crippen LogP contribution in [0.1, 0.15) is 49.8 Å². The molecule has 100 valence electrons. The van der Waals surface area contributed by atoms with Crippen LogP contribution in [-0.4, -0.2) is 14.2 Å². The zero-order chi connectivity index (χ0) is 13.2. The summed E-state index contributed by atoms with van der Waals surface area (Å²) in [5, 5.41) is 3.54. The maximum atomic E-state index is 5.29. The molecule has 2 heteroatoms. The predicted molar refractivity (Wildman–Crippen MR) is 76.1 cm³/mol. The maximum Gasteiger partial charge on any atom is 0.119 e. The van der Waals surface area contributed by atoms with Crippen molar-refractivity contribution in [3.05, 3.63) is 29.3 Å². The Hall–Kier alpha value is -1.02. The number of nitrogens with one attached hydrogen (secondary N) is 1. The molecular formula is C16H25NO. The fraction of sp³-hybridized carbons (Fsp3) is 0.625. The van der Waals surface area contributed by atoms with Gasteiger partial charge in [-0.1, -0.05) is 25.8 Å². The van der Waals surface area contributed by atoms with Gasteiger partial charge in [0, 0.05) is 6.04 Å². The first-order chi connectivity index (χ1) is 8.60. The molecule has 0 amide bonds. The number of hydrogen-bond donors (Lipinski definition) is 1. The van der Waals surface area contributed by atoms with Crippen LogP contribution in [0.2, 0.25) is 0 Å². The lowest BCUT2D eigenvalue weighted by molar-refractivity contribution is 0.233. The average Bonchev–Trinajstić information content (AvgIpc) is 2.79. The van der Waals surface area contributed by atoms with E-state index in [9.17, 15) is 0 Å². The van der Waals surface area contributed by atoms with Crippen LogP contribution in [-0.2, 0) is 0 Å². The summed E-state index contributed by atoms with van der Waals surface area (Å²) in [4.78, 5) is 0. The zero-order valence-electron chi connectivity index (χ0n) is 12.0. The number of ether oxygens (including phenoxy) is 1. The van der Waals surface area contributed by atoms with Crippen LogP contribution in [0.25, 0.3) is 0 Å². The molecule has 1 aliphatic rings. The first-order valence-electron chi connectivity index (χ1n) is 6.92. The molecule has 1 unspecified atom stereocenters. The first-order valence-corrected chi connectivity index (χ1v) is 6.92. The minimum atomic E-state index is 0.397. The summed E-state index contributed by atoms with van der Waals surface area (Å²) in [7, 11) is 3.81. The van der Waals surface area contributed by atoms with E-state index in [0.717, 1.165) is 5.75 Å². The highest BCUT2D eigenvalue weighted by atomic mass is 16.5. The molecule has 0 aromatic heterocycles. The molecule has 2 nitrogen and oxygen atoms in total. The van der Waals surface area contributed by atoms with Crippen molar-refractivity contribution in [3.8, 4) is 5.75 Å². The van der Waals surface area contributed by atoms with Gasteiger partial charge in [-0.05, 0) is 55.5 Å². The maximum absolute atomic E-state index is 5.29. The number of aryl methyl sites for hydroxylation is 1. The van der Waals surface area contributed by atoms with Crippen LogP contribution in [0.15, 0.2) is 18.2 Å². The van der Waals surface area contributed by atoms with Crippen molar-refractivity contribution in [2.24, 2.45) is 5.41 Å². The van der Waals surface area contributed by atoms with E-state index in [0.29, 0.717) is 11.5 Å². The first kappa shape index (κ1) is 13.4. The molecule has 1 aromatic rings. The van der Waals surface area contributed by atoms with Crippen molar-refractivity contribution in [2.45, 2.75) is 45.6 Å². The normalized spacial score (nSPS) is 19.8. The Balaban J connectivity index is 2.32. The molecular weight excluding hydrogens is 222 g/mol. The van der Waals surface area contributed by atoms with Gasteiger partial charge in [0.1, 0.15) is 5.75 Å². The van der Waals surface area contributed by atoms with E-state index in [4.69, 9.17) is 4.74 Å². The van der Waals surface area contributed by atoms with E-state index in [1.807, 2.05) is 0 Å². The third-order valence-corrected chi connectivity index (χ3v) is 4.52. The van der Waals surface area contributed by atoms with Gasteiger partial charge in [0.2, 0.25) is 0 Å². The molecule has 1 saturated carbocycles. The van der Waals surface area contributed by atoms with Gasteiger partial charge in [-0.3, -0.25) is 0 Å². The van der Waals surface area contributed by atoms with Gasteiger partial charge in [0.05, 0.1) is 7.11 Å². The molecule has 0 saturated heterocycles. The van der Waals surface area contributed by atoms with Crippen molar-refractivity contribution < 1.29 is 4.74 Å². The number of hydrogen-bond acceptors (Lipinski definition) is 2. The van der Waals surface area contributed by atoms with Crippen molar-refractivity contribution in [1.82, 2.24) is 5.32 Å². The van der Waals surface area contributed by atoms with E-state index >= 15 is 0 Å². The van der Waals surface area contributed by atoms with Gasteiger partial charge in [-0.15, -0.1) is 0 Å². The second-order valence-electron chi connectivity index (χ2n) is 5.81. The lowest BCUT2D eigenvalue weighted by atomic mass is 9.76. The lowest BCUT2D eigenvalue weighted by Gasteiger charge is -2.35. The topological polar surface area (TPSA) is 21.3 Å². The molecule has 0 spiro atoms. The Labute approximate surface area is 111 Å². The Morgan fingerprint density at radius 2 is 1.94 bits per heavy atom. The van der Waals surface area contributed by atoms with Crippen molar-refractivity contribution in [1.29, 1.82) is 0 Å². The second kappa shape index (κ2) is 5.31. The van der Waals surface area contributed by atoms with E-state index < -0.39 is 0 Å². The van der Waals surface area contributed by atoms with Gasteiger partial charge < -0.3 is 10.1 Å². The summed E-state index contributed by atoms with van der Waals surface area (Å²) in [5.41, 5.74) is 3.14. The molecule has 1 fully saturated rings. The van der Waals surface area contributed by atoms with Gasteiger partial charge in [-0.2, -0.15) is 0 Å². The Bertz CT molecular complexity index is 408. The highest BCUT2D eigenvalue weighted by molar-refractivity contribution is 5.37. The zero-order valence-corrected chi connectivity index (χ0v) is 12.0. The molecule has 0 bridgehead atoms. The second-order valence-corrected chi connectivity index (χ2v) is 5.81. The SMILES string of the molecule is CNC(c1ccc(OC)cc1C)C1(C)CCCC1. The highest BCUT2D eigenvalue weighted by Crippen LogP contribution is 2.47. The van der Waals surface area contributed by atoms with Gasteiger partial charge >= 0.3 is 0 Å². The third kappa shape index (κ3) is 2.39. The van der Waals surface area contributed by atoms with E-state index in [1.165, 1.54) is 36.8 Å². The van der Waals surface area contributed by atoms with Crippen LogP contribution in [0.4, 0.5) is 0 Å². The fourth-order valence-electron chi connectivity index (χ4n) is 3.45. The molecule has 1 atom stereocenters. The molecule has 2 rings (SSSR count). The van der Waals surface area contributed by atoms with Gasteiger partial charge in [-0.25, -0.2) is 0 Å². The minimum absolute atomic E-state index is 0.397. The largest absolute Gasteiger partial charge is 0.497 e. The smallest absolute Gasteiger partial charge is 0.119 e. The van der Waals surface area contributed by atoms with Crippen molar-refractivity contribution >= 4 is 0 Å². The minimum Gasteiger partial charge on any atom is -0.497 e. The summed E-state index contributed by atoms with van der Waals surface area (Å²) in [6, 6.07) is 6.88. The quantitative estimate of drug-likeness (QED) is 0.872. The van der Waals surface area contributed by atoms with Crippen LogP contribution in [0.5, 0.6) is 5.75 Å². The number of methoxy groups -OCH3 is 1. The fourth-order valence-corrected chi connectivity index (χ4v) is 3.45. The standard InChI is InChI=1S/C16H25NO/c1-12-11-13(18-4)7-8-14(12)15(17-3)16(2)9-5-6-10-16/h7-8,11,15,17H,5-6,9-10H2,1-4H3. The molecule has 1 N–H and O–H groups in total. The summed E-state index contributed by atoms with van der Waals surface area (Å²) in [6.45, 7) is 4.60. The summed E-state index contributed by atoms with van der Waals surface area (Å²) in [6.07, 6.45) is 5.38. The average molecular weight is 247 g/mol. The van der Waals surface area contributed by atoms with Crippen LogP contribution in [0.3, 0.4) is 0 Å². The predicted octanol–water partition coefficient (Wildman–Crippen LogP) is 3.84. The molecule has 0 radical (unpaired) electrons. The molecule has 18 heavy (non-hydrogen) atoms.